The average molecular weight is 295 g/mol. The standard InChI is InChI=1S/C10H9N5O4S/c11-8-6-7(2-3-9(8)15(16)17)20(18,19)14-10-12-4-1-5-13-10/h1-6H,11H2,(H,12,13,14). The van der Waals surface area contributed by atoms with Crippen molar-refractivity contribution in [2.75, 3.05) is 10.5 Å². The van der Waals surface area contributed by atoms with E-state index < -0.39 is 14.9 Å². The molecule has 20 heavy (non-hydrogen) atoms. The monoisotopic (exact) mass is 295 g/mol. The van der Waals surface area contributed by atoms with Crippen molar-refractivity contribution < 1.29 is 13.3 Å². The van der Waals surface area contributed by atoms with Crippen molar-refractivity contribution in [1.82, 2.24) is 9.97 Å². The van der Waals surface area contributed by atoms with Crippen LogP contribution in [0.25, 0.3) is 0 Å². The molecule has 0 saturated carbocycles. The Bertz CT molecular complexity index is 747. The van der Waals surface area contributed by atoms with E-state index >= 15 is 0 Å². The Kier molecular flexibility index (Phi) is 3.48. The number of nitrogens with zero attached hydrogens (tertiary/aromatic N) is 3. The van der Waals surface area contributed by atoms with Crippen LogP contribution in [-0.4, -0.2) is 23.3 Å². The molecule has 0 saturated heterocycles. The third-order valence-corrected chi connectivity index (χ3v) is 3.62. The highest BCUT2D eigenvalue weighted by atomic mass is 32.2. The van der Waals surface area contributed by atoms with Gasteiger partial charge in [-0.25, -0.2) is 23.1 Å². The summed E-state index contributed by atoms with van der Waals surface area (Å²) in [4.78, 5) is 17.1. The molecule has 0 fully saturated rings. The van der Waals surface area contributed by atoms with Crippen LogP contribution in [0.4, 0.5) is 17.3 Å². The van der Waals surface area contributed by atoms with E-state index in [0.717, 1.165) is 18.2 Å². The zero-order valence-electron chi connectivity index (χ0n) is 9.92. The summed E-state index contributed by atoms with van der Waals surface area (Å²) in [6.07, 6.45) is 2.74. The van der Waals surface area contributed by atoms with Crippen LogP contribution in [0.3, 0.4) is 0 Å². The van der Waals surface area contributed by atoms with Crippen molar-refractivity contribution in [2.24, 2.45) is 0 Å². The molecule has 0 aliphatic carbocycles. The number of benzene rings is 1. The summed E-state index contributed by atoms with van der Waals surface area (Å²) in [6, 6.07) is 4.64. The zero-order valence-corrected chi connectivity index (χ0v) is 10.7. The maximum absolute atomic E-state index is 12.0. The number of nitro benzene ring substituents is 1. The first-order chi connectivity index (χ1) is 9.40. The van der Waals surface area contributed by atoms with E-state index in [4.69, 9.17) is 5.73 Å². The normalized spacial score (nSPS) is 11.0. The number of nitrogens with two attached hydrogens (primary N) is 1. The quantitative estimate of drug-likeness (QED) is 0.482. The average Bonchev–Trinajstić information content (AvgIpc) is 2.38. The number of nitro groups is 1. The molecule has 0 unspecified atom stereocenters. The van der Waals surface area contributed by atoms with Gasteiger partial charge < -0.3 is 5.73 Å². The third-order valence-electron chi connectivity index (χ3n) is 2.30. The van der Waals surface area contributed by atoms with E-state index in [1.165, 1.54) is 18.5 Å². The minimum absolute atomic E-state index is 0.107. The van der Waals surface area contributed by atoms with E-state index in [-0.39, 0.29) is 22.2 Å². The summed E-state index contributed by atoms with van der Waals surface area (Å²) >= 11 is 0. The highest BCUT2D eigenvalue weighted by molar-refractivity contribution is 7.92. The van der Waals surface area contributed by atoms with E-state index in [2.05, 4.69) is 14.7 Å². The first-order valence-electron chi connectivity index (χ1n) is 5.24. The second-order valence-corrected chi connectivity index (χ2v) is 5.34. The highest BCUT2D eigenvalue weighted by Gasteiger charge is 2.19. The largest absolute Gasteiger partial charge is 0.393 e. The van der Waals surface area contributed by atoms with E-state index in [9.17, 15) is 18.5 Å². The molecule has 10 heteroatoms. The van der Waals surface area contributed by atoms with Gasteiger partial charge in [-0.3, -0.25) is 10.1 Å². The van der Waals surface area contributed by atoms with Gasteiger partial charge in [0.1, 0.15) is 5.69 Å². The number of hydrogen-bond acceptors (Lipinski definition) is 7. The Balaban J connectivity index is 2.35. The van der Waals surface area contributed by atoms with Gasteiger partial charge in [-0.15, -0.1) is 0 Å². The fourth-order valence-electron chi connectivity index (χ4n) is 1.40. The summed E-state index contributed by atoms with van der Waals surface area (Å²) in [5.41, 5.74) is 4.84. The SMILES string of the molecule is Nc1cc(S(=O)(=O)Nc2ncccn2)ccc1[N+](=O)[O-]. The molecule has 2 aromatic rings. The number of sulfonamides is 1. The highest BCUT2D eigenvalue weighted by Crippen LogP contribution is 2.25. The summed E-state index contributed by atoms with van der Waals surface area (Å²) in [5.74, 6) is -0.107. The number of nitrogen functional groups attached to an aromatic ring is 1. The lowest BCUT2D eigenvalue weighted by atomic mass is 10.3. The van der Waals surface area contributed by atoms with Gasteiger partial charge in [-0.2, -0.15) is 0 Å². The molecular weight excluding hydrogens is 286 g/mol. The van der Waals surface area contributed by atoms with Crippen LogP contribution in [0.5, 0.6) is 0 Å². The topological polar surface area (TPSA) is 141 Å². The van der Waals surface area contributed by atoms with Crippen LogP contribution < -0.4 is 10.5 Å². The fraction of sp³-hybridized carbons (Fsp3) is 0. The van der Waals surface area contributed by atoms with Gasteiger partial charge in [0.2, 0.25) is 5.95 Å². The molecule has 1 aromatic carbocycles. The maximum atomic E-state index is 12.0. The summed E-state index contributed by atoms with van der Waals surface area (Å²) in [5, 5.41) is 10.6. The van der Waals surface area contributed by atoms with Gasteiger partial charge in [0.25, 0.3) is 15.7 Å². The lowest BCUT2D eigenvalue weighted by Gasteiger charge is -2.06. The minimum Gasteiger partial charge on any atom is -0.393 e. The molecule has 0 radical (unpaired) electrons. The van der Waals surface area contributed by atoms with Crippen molar-refractivity contribution in [3.63, 3.8) is 0 Å². The van der Waals surface area contributed by atoms with E-state index in [1.807, 2.05) is 0 Å². The molecule has 0 amide bonds. The lowest BCUT2D eigenvalue weighted by molar-refractivity contribution is -0.383. The Hall–Kier alpha value is -2.75. The minimum atomic E-state index is -3.96. The predicted molar refractivity (Wildman–Crippen MR) is 70.3 cm³/mol. The van der Waals surface area contributed by atoms with E-state index in [1.54, 1.807) is 0 Å². The smallest absolute Gasteiger partial charge is 0.292 e. The van der Waals surface area contributed by atoms with E-state index in [0.29, 0.717) is 0 Å². The molecule has 1 aromatic heterocycles. The first kappa shape index (κ1) is 13.7. The number of hydrogen-bond donors (Lipinski definition) is 2. The number of nitrogens with one attached hydrogen (secondary N) is 1. The molecule has 104 valence electrons. The van der Waals surface area contributed by atoms with Crippen LogP contribution in [0.15, 0.2) is 41.6 Å². The third kappa shape index (κ3) is 2.80. The Morgan fingerprint density at radius 2 is 1.90 bits per heavy atom. The van der Waals surface area contributed by atoms with Crippen molar-refractivity contribution in [3.8, 4) is 0 Å². The number of rotatable bonds is 4. The molecule has 1 heterocycles. The number of aromatic nitrogens is 2. The Morgan fingerprint density at radius 1 is 1.25 bits per heavy atom. The van der Waals surface area contributed by atoms with Gasteiger partial charge in [0.05, 0.1) is 9.82 Å². The summed E-state index contributed by atoms with van der Waals surface area (Å²) in [7, 11) is -3.96. The van der Waals surface area contributed by atoms with Gasteiger partial charge >= 0.3 is 0 Å². The summed E-state index contributed by atoms with van der Waals surface area (Å²) < 4.78 is 26.2. The first-order valence-corrected chi connectivity index (χ1v) is 6.72. The number of anilines is 2. The molecular formula is C10H9N5O4S. The maximum Gasteiger partial charge on any atom is 0.292 e. The van der Waals surface area contributed by atoms with Crippen LogP contribution in [0.1, 0.15) is 0 Å². The van der Waals surface area contributed by atoms with Gasteiger partial charge in [-0.1, -0.05) is 0 Å². The van der Waals surface area contributed by atoms with Gasteiger partial charge in [-0.05, 0) is 18.2 Å². The molecule has 0 atom stereocenters. The van der Waals surface area contributed by atoms with Crippen molar-refractivity contribution in [2.45, 2.75) is 4.90 Å². The molecule has 0 aliphatic rings. The second kappa shape index (κ2) is 5.09. The molecule has 2 rings (SSSR count). The fourth-order valence-corrected chi connectivity index (χ4v) is 2.39. The van der Waals surface area contributed by atoms with Crippen molar-refractivity contribution >= 4 is 27.3 Å². The zero-order chi connectivity index (χ0) is 14.8. The Labute approximate surface area is 113 Å². The molecule has 3 N–H and O–H groups in total. The molecule has 0 aliphatic heterocycles. The predicted octanol–water partition coefficient (Wildman–Crippen LogP) is 0.768. The van der Waals surface area contributed by atoms with Crippen LogP contribution in [0.2, 0.25) is 0 Å². The summed E-state index contributed by atoms with van der Waals surface area (Å²) in [6.45, 7) is 0. The lowest BCUT2D eigenvalue weighted by Crippen LogP contribution is -2.15. The molecule has 0 spiro atoms. The second-order valence-electron chi connectivity index (χ2n) is 3.66. The van der Waals surface area contributed by atoms with Crippen molar-refractivity contribution in [1.29, 1.82) is 0 Å². The Morgan fingerprint density at radius 3 is 2.45 bits per heavy atom. The van der Waals surface area contributed by atoms with Crippen LogP contribution >= 0.6 is 0 Å². The molecule has 9 nitrogen and oxygen atoms in total. The van der Waals surface area contributed by atoms with Gasteiger partial charge in [0.15, 0.2) is 0 Å². The van der Waals surface area contributed by atoms with Crippen LogP contribution in [-0.2, 0) is 10.0 Å². The van der Waals surface area contributed by atoms with Crippen molar-refractivity contribution in [3.05, 3.63) is 46.8 Å². The van der Waals surface area contributed by atoms with Crippen LogP contribution in [0, 0.1) is 10.1 Å². The molecule has 0 bridgehead atoms. The van der Waals surface area contributed by atoms with Gasteiger partial charge in [0, 0.05) is 18.5 Å².